The second-order valence-electron chi connectivity index (χ2n) is 7.90. The SMILES string of the molecule is C=C1C(=O)O[C@@H]2C[C@@H](C=O)C[C@H](O)[C@H]3O[C@]3(C)C[C@H](OC(=O)/C(C)=C/C)[C@@H]12. The number of hydrogen-bond acceptors (Lipinski definition) is 7. The Balaban J connectivity index is 1.95. The molecule has 1 saturated carbocycles. The molecule has 27 heavy (non-hydrogen) atoms. The Morgan fingerprint density at radius 2 is 2.11 bits per heavy atom. The van der Waals surface area contributed by atoms with Crippen molar-refractivity contribution in [3.63, 3.8) is 0 Å². The van der Waals surface area contributed by atoms with E-state index in [2.05, 4.69) is 6.58 Å². The number of aldehydes is 1. The number of epoxide rings is 1. The summed E-state index contributed by atoms with van der Waals surface area (Å²) in [6.45, 7) is 9.05. The number of aliphatic hydroxyl groups excluding tert-OH is 1. The van der Waals surface area contributed by atoms with E-state index < -0.39 is 53.8 Å². The molecule has 1 aliphatic carbocycles. The van der Waals surface area contributed by atoms with Crippen LogP contribution < -0.4 is 0 Å². The maximum atomic E-state index is 12.4. The maximum Gasteiger partial charge on any atom is 0.334 e. The molecule has 7 atom stereocenters. The lowest BCUT2D eigenvalue weighted by Gasteiger charge is -2.31. The maximum absolute atomic E-state index is 12.4. The van der Waals surface area contributed by atoms with Gasteiger partial charge in [-0.1, -0.05) is 12.7 Å². The van der Waals surface area contributed by atoms with E-state index in [1.807, 2.05) is 6.92 Å². The zero-order chi connectivity index (χ0) is 19.9. The van der Waals surface area contributed by atoms with Gasteiger partial charge in [-0.05, 0) is 33.6 Å². The van der Waals surface area contributed by atoms with Gasteiger partial charge in [-0.25, -0.2) is 9.59 Å². The summed E-state index contributed by atoms with van der Waals surface area (Å²) in [5, 5.41) is 10.4. The van der Waals surface area contributed by atoms with Gasteiger partial charge in [-0.15, -0.1) is 0 Å². The summed E-state index contributed by atoms with van der Waals surface area (Å²) in [5.41, 5.74) is -0.0127. The number of carbonyl (C=O) groups is 3. The van der Waals surface area contributed by atoms with Gasteiger partial charge in [0, 0.05) is 23.5 Å². The van der Waals surface area contributed by atoms with Crippen LogP contribution in [0.4, 0.5) is 0 Å². The predicted octanol–water partition coefficient (Wildman–Crippen LogP) is 1.48. The number of fused-ring (bicyclic) bond motifs is 2. The molecule has 0 aromatic rings. The van der Waals surface area contributed by atoms with Crippen molar-refractivity contribution in [1.82, 2.24) is 0 Å². The van der Waals surface area contributed by atoms with Crippen molar-refractivity contribution in [2.24, 2.45) is 11.8 Å². The molecular formula is C20H26O7. The van der Waals surface area contributed by atoms with Crippen molar-refractivity contribution < 1.29 is 33.7 Å². The zero-order valence-corrected chi connectivity index (χ0v) is 15.8. The minimum Gasteiger partial charge on any atom is -0.458 e. The van der Waals surface area contributed by atoms with Gasteiger partial charge in [0.15, 0.2) is 0 Å². The fourth-order valence-corrected chi connectivity index (χ4v) is 4.14. The first kappa shape index (κ1) is 19.8. The summed E-state index contributed by atoms with van der Waals surface area (Å²) in [4.78, 5) is 36.0. The van der Waals surface area contributed by atoms with Crippen molar-refractivity contribution in [2.45, 2.75) is 70.1 Å². The fourth-order valence-electron chi connectivity index (χ4n) is 4.14. The third kappa shape index (κ3) is 3.71. The van der Waals surface area contributed by atoms with Gasteiger partial charge in [0.05, 0.1) is 17.6 Å². The summed E-state index contributed by atoms with van der Waals surface area (Å²) in [6.07, 6.45) is 0.619. The van der Waals surface area contributed by atoms with Crippen LogP contribution in [0.25, 0.3) is 0 Å². The zero-order valence-electron chi connectivity index (χ0n) is 15.8. The van der Waals surface area contributed by atoms with Crippen molar-refractivity contribution in [2.75, 3.05) is 0 Å². The van der Waals surface area contributed by atoms with Crippen LogP contribution in [0.2, 0.25) is 0 Å². The van der Waals surface area contributed by atoms with Crippen LogP contribution in [0, 0.1) is 11.8 Å². The van der Waals surface area contributed by atoms with Crippen LogP contribution in [-0.2, 0) is 28.6 Å². The average Bonchev–Trinajstić information content (AvgIpc) is 3.21. The summed E-state index contributed by atoms with van der Waals surface area (Å²) in [5.74, 6) is -2.08. The van der Waals surface area contributed by atoms with E-state index in [-0.39, 0.29) is 18.4 Å². The van der Waals surface area contributed by atoms with Crippen molar-refractivity contribution in [1.29, 1.82) is 0 Å². The van der Waals surface area contributed by atoms with Gasteiger partial charge in [0.25, 0.3) is 0 Å². The standard InChI is InChI=1S/C20H26O7/c1-5-10(2)18(23)26-15-8-20(4)17(27-20)13(22)6-12(9-21)7-14-16(15)11(3)19(24)25-14/h5,9,12-17,22H,3,6-8H2,1-2,4H3/b10-5+/t12-,13-,14+,15-,16-,17+,20+/m0/s1. The van der Waals surface area contributed by atoms with Gasteiger partial charge in [-0.2, -0.15) is 0 Å². The van der Waals surface area contributed by atoms with E-state index in [4.69, 9.17) is 14.2 Å². The van der Waals surface area contributed by atoms with E-state index in [0.29, 0.717) is 12.0 Å². The van der Waals surface area contributed by atoms with E-state index in [1.165, 1.54) is 0 Å². The minimum atomic E-state index is -0.810. The molecule has 7 heteroatoms. The Morgan fingerprint density at radius 1 is 1.41 bits per heavy atom. The van der Waals surface area contributed by atoms with E-state index in [9.17, 15) is 19.5 Å². The third-order valence-corrected chi connectivity index (χ3v) is 5.91. The van der Waals surface area contributed by atoms with E-state index in [1.54, 1.807) is 19.9 Å². The summed E-state index contributed by atoms with van der Waals surface area (Å²) in [6, 6.07) is 0. The second-order valence-corrected chi connectivity index (χ2v) is 7.90. The lowest BCUT2D eigenvalue weighted by Crippen LogP contribution is -2.40. The monoisotopic (exact) mass is 378 g/mol. The number of allylic oxidation sites excluding steroid dienone is 1. The smallest absolute Gasteiger partial charge is 0.334 e. The number of aliphatic hydroxyl groups is 1. The molecule has 0 spiro atoms. The molecule has 0 bridgehead atoms. The van der Waals surface area contributed by atoms with Gasteiger partial charge in [0.2, 0.25) is 0 Å². The molecule has 0 unspecified atom stereocenters. The Labute approximate surface area is 158 Å². The highest BCUT2D eigenvalue weighted by molar-refractivity contribution is 5.91. The van der Waals surface area contributed by atoms with Gasteiger partial charge in [-0.3, -0.25) is 0 Å². The van der Waals surface area contributed by atoms with E-state index >= 15 is 0 Å². The normalized spacial score (nSPS) is 41.9. The molecule has 3 fully saturated rings. The first-order valence-corrected chi connectivity index (χ1v) is 9.25. The molecule has 0 radical (unpaired) electrons. The van der Waals surface area contributed by atoms with Gasteiger partial charge in [0.1, 0.15) is 24.6 Å². The Kier molecular flexibility index (Phi) is 5.27. The molecule has 148 valence electrons. The molecular weight excluding hydrogens is 352 g/mol. The van der Waals surface area contributed by atoms with Crippen LogP contribution in [-0.4, -0.2) is 53.3 Å². The molecule has 7 nitrogen and oxygen atoms in total. The number of ether oxygens (including phenoxy) is 3. The largest absolute Gasteiger partial charge is 0.458 e. The van der Waals surface area contributed by atoms with E-state index in [0.717, 1.165) is 6.29 Å². The first-order valence-electron chi connectivity index (χ1n) is 9.25. The molecule has 3 aliphatic rings. The highest BCUT2D eigenvalue weighted by Crippen LogP contribution is 2.48. The minimum absolute atomic E-state index is 0.235. The number of rotatable bonds is 3. The predicted molar refractivity (Wildman–Crippen MR) is 94.5 cm³/mol. The highest BCUT2D eigenvalue weighted by Gasteiger charge is 2.60. The van der Waals surface area contributed by atoms with Crippen molar-refractivity contribution >= 4 is 18.2 Å². The second kappa shape index (κ2) is 7.20. The molecule has 1 N–H and O–H groups in total. The summed E-state index contributed by atoms with van der Waals surface area (Å²) < 4.78 is 16.9. The topological polar surface area (TPSA) is 102 Å². The highest BCUT2D eigenvalue weighted by atomic mass is 16.6. The summed E-state index contributed by atoms with van der Waals surface area (Å²) in [7, 11) is 0. The van der Waals surface area contributed by atoms with Crippen LogP contribution in [0.15, 0.2) is 23.8 Å². The average molecular weight is 378 g/mol. The van der Waals surface area contributed by atoms with Crippen molar-refractivity contribution in [3.05, 3.63) is 23.8 Å². The quantitative estimate of drug-likeness (QED) is 0.343. The van der Waals surface area contributed by atoms with Crippen LogP contribution in [0.1, 0.15) is 40.0 Å². The lowest BCUT2D eigenvalue weighted by atomic mass is 9.78. The molecule has 2 heterocycles. The van der Waals surface area contributed by atoms with Crippen molar-refractivity contribution in [3.8, 4) is 0 Å². The number of esters is 2. The van der Waals surface area contributed by atoms with Crippen LogP contribution in [0.3, 0.4) is 0 Å². The van der Waals surface area contributed by atoms with Gasteiger partial charge >= 0.3 is 11.9 Å². The van der Waals surface area contributed by atoms with Crippen LogP contribution >= 0.6 is 0 Å². The fraction of sp³-hybridized carbons (Fsp3) is 0.650. The molecule has 2 aliphatic heterocycles. The Morgan fingerprint density at radius 3 is 2.74 bits per heavy atom. The lowest BCUT2D eigenvalue weighted by molar-refractivity contribution is -0.150. The van der Waals surface area contributed by atoms with Crippen LogP contribution in [0.5, 0.6) is 0 Å². The first-order chi connectivity index (χ1) is 12.7. The van der Waals surface area contributed by atoms with Gasteiger partial charge < -0.3 is 24.1 Å². The molecule has 0 aromatic heterocycles. The number of carbonyl (C=O) groups excluding carboxylic acids is 3. The molecule has 0 amide bonds. The summed E-state index contributed by atoms with van der Waals surface area (Å²) >= 11 is 0. The Hall–Kier alpha value is -1.99. The Bertz CT molecular complexity index is 696. The molecule has 2 saturated heterocycles. The molecule has 3 rings (SSSR count). The third-order valence-electron chi connectivity index (χ3n) is 5.91. The number of hydrogen-bond donors (Lipinski definition) is 1. The molecule has 0 aromatic carbocycles.